The average Bonchev–Trinajstić information content (AvgIpc) is 2.71. The van der Waals surface area contributed by atoms with E-state index in [-0.39, 0.29) is 55.1 Å². The summed E-state index contributed by atoms with van der Waals surface area (Å²) in [5, 5.41) is 12.6. The van der Waals surface area contributed by atoms with E-state index >= 15 is 0 Å². The topological polar surface area (TPSA) is 110 Å². The number of allylic oxidation sites excluding steroid dienone is 5. The Balaban J connectivity index is 2.01. The van der Waals surface area contributed by atoms with E-state index < -0.39 is 24.1 Å². The number of ether oxygens (including phenoxy) is 1. The molecule has 4 unspecified atom stereocenters. The summed E-state index contributed by atoms with van der Waals surface area (Å²) in [6.45, 7) is 5.53. The lowest BCUT2D eigenvalue weighted by molar-refractivity contribution is -0.142. The van der Waals surface area contributed by atoms with Crippen molar-refractivity contribution < 1.29 is 29.0 Å². The Bertz CT molecular complexity index is 837. The highest BCUT2D eigenvalue weighted by molar-refractivity contribution is 5.97. The number of cyclic esters (lactones) is 1. The van der Waals surface area contributed by atoms with Crippen LogP contribution in [-0.2, 0) is 23.9 Å². The van der Waals surface area contributed by atoms with Crippen molar-refractivity contribution in [2.45, 2.75) is 71.5 Å². The number of imide groups is 1. The summed E-state index contributed by atoms with van der Waals surface area (Å²) in [7, 11) is 0. The van der Waals surface area contributed by atoms with Crippen LogP contribution in [0.4, 0.5) is 0 Å². The Hall–Kier alpha value is -2.80. The standard InChI is InChI=1S/C26H35NO6/c1-17-10-8-6-4-5-7-9-11-25(32)33-26(17)19(3)12-18(2)22(29)16-21(28)13-20-14-23(30)27-24(31)15-20/h4,6,8-12,17-18,20-21,26,28H,5,7,13-16H2,1-3H3,(H,27,30,31)/b6-4?,10-8-,11-9-,19-12-. The molecule has 2 amide bonds. The second-order valence-corrected chi connectivity index (χ2v) is 9.01. The van der Waals surface area contributed by atoms with Gasteiger partial charge in [-0.05, 0) is 37.7 Å². The van der Waals surface area contributed by atoms with Crippen LogP contribution in [-0.4, -0.2) is 40.9 Å². The Morgan fingerprint density at radius 3 is 2.55 bits per heavy atom. The highest BCUT2D eigenvalue weighted by Crippen LogP contribution is 2.24. The van der Waals surface area contributed by atoms with E-state index in [9.17, 15) is 24.3 Å². The first-order valence-electron chi connectivity index (χ1n) is 11.6. The van der Waals surface area contributed by atoms with Crippen molar-refractivity contribution in [1.29, 1.82) is 0 Å². The summed E-state index contributed by atoms with van der Waals surface area (Å²) in [5.41, 5.74) is 0.764. The maximum absolute atomic E-state index is 12.7. The van der Waals surface area contributed by atoms with Gasteiger partial charge in [-0.3, -0.25) is 19.7 Å². The van der Waals surface area contributed by atoms with Crippen molar-refractivity contribution in [3.05, 3.63) is 48.1 Å². The first-order chi connectivity index (χ1) is 15.7. The van der Waals surface area contributed by atoms with Crippen LogP contribution in [0.1, 0.15) is 59.3 Å². The number of amides is 2. The van der Waals surface area contributed by atoms with Gasteiger partial charge in [0.05, 0.1) is 6.10 Å². The van der Waals surface area contributed by atoms with Gasteiger partial charge in [-0.15, -0.1) is 0 Å². The number of esters is 1. The molecular weight excluding hydrogens is 422 g/mol. The second-order valence-electron chi connectivity index (χ2n) is 9.01. The summed E-state index contributed by atoms with van der Waals surface area (Å²) < 4.78 is 5.68. The fraction of sp³-hybridized carbons (Fsp3) is 0.538. The number of rotatable bonds is 7. The maximum atomic E-state index is 12.7. The summed E-state index contributed by atoms with van der Waals surface area (Å²) in [6, 6.07) is 0. The van der Waals surface area contributed by atoms with Crippen LogP contribution in [0.5, 0.6) is 0 Å². The third-order valence-electron chi connectivity index (χ3n) is 5.88. The van der Waals surface area contributed by atoms with Gasteiger partial charge < -0.3 is 9.84 Å². The molecule has 2 aliphatic heterocycles. The van der Waals surface area contributed by atoms with E-state index in [1.54, 1.807) is 19.1 Å². The van der Waals surface area contributed by atoms with E-state index in [4.69, 9.17) is 4.74 Å². The summed E-state index contributed by atoms with van der Waals surface area (Å²) in [4.78, 5) is 47.9. The fourth-order valence-corrected chi connectivity index (χ4v) is 4.16. The molecular formula is C26H35NO6. The lowest BCUT2D eigenvalue weighted by Crippen LogP contribution is -2.39. The van der Waals surface area contributed by atoms with Gasteiger partial charge in [0.2, 0.25) is 11.8 Å². The van der Waals surface area contributed by atoms with Gasteiger partial charge >= 0.3 is 5.97 Å². The number of Topliss-reactive ketones (excluding diaryl/α,β-unsaturated/α-hetero) is 1. The molecule has 2 N–H and O–H groups in total. The second kappa shape index (κ2) is 13.0. The Morgan fingerprint density at radius 1 is 1.18 bits per heavy atom. The molecule has 1 saturated heterocycles. The van der Waals surface area contributed by atoms with Crippen molar-refractivity contribution in [3.63, 3.8) is 0 Å². The number of carbonyl (C=O) groups excluding carboxylic acids is 4. The van der Waals surface area contributed by atoms with Crippen LogP contribution in [0, 0.1) is 17.8 Å². The molecule has 0 radical (unpaired) electrons. The molecule has 0 spiro atoms. The molecule has 0 bridgehead atoms. The predicted molar refractivity (Wildman–Crippen MR) is 125 cm³/mol. The van der Waals surface area contributed by atoms with E-state index in [2.05, 4.69) is 5.32 Å². The number of hydrogen-bond donors (Lipinski definition) is 2. The first-order valence-corrected chi connectivity index (χ1v) is 11.6. The zero-order chi connectivity index (χ0) is 24.4. The lowest BCUT2D eigenvalue weighted by atomic mass is 9.88. The third kappa shape index (κ3) is 9.30. The fourth-order valence-electron chi connectivity index (χ4n) is 4.16. The van der Waals surface area contributed by atoms with Crippen molar-refractivity contribution >= 4 is 23.6 Å². The van der Waals surface area contributed by atoms with Gasteiger partial charge in [0.25, 0.3) is 0 Å². The predicted octanol–water partition coefficient (Wildman–Crippen LogP) is 3.34. The number of hydrogen-bond acceptors (Lipinski definition) is 6. The van der Waals surface area contributed by atoms with Crippen molar-refractivity contribution in [3.8, 4) is 0 Å². The Kier molecular flexibility index (Phi) is 10.5. The molecule has 180 valence electrons. The van der Waals surface area contributed by atoms with Crippen molar-refractivity contribution in [2.75, 3.05) is 0 Å². The monoisotopic (exact) mass is 457 g/mol. The Morgan fingerprint density at radius 2 is 1.85 bits per heavy atom. The minimum absolute atomic E-state index is 0.0648. The number of nitrogens with one attached hydrogen (secondary N) is 1. The SMILES string of the molecule is C/C(=C/C(C)C(=O)CC(O)CC1CC(=O)NC(=O)C1)C1OC(=O)/C=C\CCC=C/C=C\C1C. The smallest absolute Gasteiger partial charge is 0.331 e. The zero-order valence-corrected chi connectivity index (χ0v) is 19.7. The quantitative estimate of drug-likeness (QED) is 0.345. The molecule has 0 aromatic carbocycles. The van der Waals surface area contributed by atoms with Gasteiger partial charge in [-0.1, -0.05) is 50.3 Å². The Labute approximate surface area is 195 Å². The number of aliphatic hydroxyl groups is 1. The number of carbonyl (C=O) groups is 4. The van der Waals surface area contributed by atoms with E-state index in [0.717, 1.165) is 18.4 Å². The number of piperidine rings is 1. The summed E-state index contributed by atoms with van der Waals surface area (Å²) in [5.74, 6) is -2.10. The van der Waals surface area contributed by atoms with Crippen LogP contribution in [0.2, 0.25) is 0 Å². The largest absolute Gasteiger partial charge is 0.454 e. The van der Waals surface area contributed by atoms with Crippen LogP contribution in [0.25, 0.3) is 0 Å². The molecule has 7 nitrogen and oxygen atoms in total. The van der Waals surface area contributed by atoms with Gasteiger partial charge in [0.15, 0.2) is 0 Å². The molecule has 2 aliphatic rings. The van der Waals surface area contributed by atoms with Crippen LogP contribution >= 0.6 is 0 Å². The molecule has 0 aromatic rings. The molecule has 0 aromatic heterocycles. The summed E-state index contributed by atoms with van der Waals surface area (Å²) in [6.07, 6.45) is 13.6. The van der Waals surface area contributed by atoms with Crippen molar-refractivity contribution in [1.82, 2.24) is 5.32 Å². The summed E-state index contributed by atoms with van der Waals surface area (Å²) >= 11 is 0. The molecule has 4 atom stereocenters. The highest BCUT2D eigenvalue weighted by atomic mass is 16.5. The third-order valence-corrected chi connectivity index (χ3v) is 5.88. The van der Waals surface area contributed by atoms with E-state index in [0.29, 0.717) is 0 Å². The maximum Gasteiger partial charge on any atom is 0.331 e. The number of aliphatic hydroxyl groups excluding tert-OH is 1. The molecule has 1 fully saturated rings. The lowest BCUT2D eigenvalue weighted by Gasteiger charge is -2.24. The van der Waals surface area contributed by atoms with Crippen LogP contribution in [0.15, 0.2) is 48.1 Å². The van der Waals surface area contributed by atoms with E-state index in [1.165, 1.54) is 6.08 Å². The van der Waals surface area contributed by atoms with Gasteiger partial charge in [0, 0.05) is 37.2 Å². The van der Waals surface area contributed by atoms with Gasteiger partial charge in [0.1, 0.15) is 11.9 Å². The van der Waals surface area contributed by atoms with E-state index in [1.807, 2.05) is 38.2 Å². The highest BCUT2D eigenvalue weighted by Gasteiger charge is 2.28. The zero-order valence-electron chi connectivity index (χ0n) is 19.7. The number of ketones is 1. The average molecular weight is 458 g/mol. The molecule has 2 heterocycles. The minimum Gasteiger partial charge on any atom is -0.454 e. The van der Waals surface area contributed by atoms with Crippen LogP contribution < -0.4 is 5.32 Å². The molecule has 2 rings (SSSR count). The van der Waals surface area contributed by atoms with Gasteiger partial charge in [-0.2, -0.15) is 0 Å². The van der Waals surface area contributed by atoms with Crippen molar-refractivity contribution in [2.24, 2.45) is 17.8 Å². The molecule has 0 saturated carbocycles. The van der Waals surface area contributed by atoms with Gasteiger partial charge in [-0.25, -0.2) is 4.79 Å². The minimum atomic E-state index is -0.921. The van der Waals surface area contributed by atoms with Crippen LogP contribution in [0.3, 0.4) is 0 Å². The molecule has 7 heteroatoms. The molecule has 0 aliphatic carbocycles. The first kappa shape index (κ1) is 26.5. The normalized spacial score (nSPS) is 26.9. The molecule has 33 heavy (non-hydrogen) atoms.